The van der Waals surface area contributed by atoms with Crippen molar-refractivity contribution in [1.29, 1.82) is 0 Å². The lowest BCUT2D eigenvalue weighted by atomic mass is 9.81. The van der Waals surface area contributed by atoms with Crippen molar-refractivity contribution < 1.29 is 0 Å². The van der Waals surface area contributed by atoms with E-state index in [4.69, 9.17) is 0 Å². The molecule has 1 aliphatic heterocycles. The van der Waals surface area contributed by atoms with Crippen LogP contribution in [0.2, 0.25) is 0 Å². The number of nitrogens with zero attached hydrogens (tertiary/aromatic N) is 4. The molecule has 0 amide bonds. The van der Waals surface area contributed by atoms with Gasteiger partial charge in [-0.25, -0.2) is 0 Å². The predicted octanol–water partition coefficient (Wildman–Crippen LogP) is 16.7. The lowest BCUT2D eigenvalue weighted by molar-refractivity contribution is 0.660. The van der Waals surface area contributed by atoms with Crippen molar-refractivity contribution >= 4 is 72.4 Å². The summed E-state index contributed by atoms with van der Waals surface area (Å²) in [5.74, 6) is 0. The summed E-state index contributed by atoms with van der Waals surface area (Å²) in [4.78, 5) is 7.46. The van der Waals surface area contributed by atoms with Crippen LogP contribution in [-0.2, 0) is 5.41 Å². The van der Waals surface area contributed by atoms with E-state index in [9.17, 15) is 0 Å². The van der Waals surface area contributed by atoms with Gasteiger partial charge >= 0.3 is 0 Å². The maximum atomic E-state index is 2.50. The zero-order valence-electron chi connectivity index (χ0n) is 37.6. The van der Waals surface area contributed by atoms with Gasteiger partial charge in [-0.2, -0.15) is 0 Å². The average molecular weight is 861 g/mol. The summed E-state index contributed by atoms with van der Waals surface area (Å²) >= 11 is 0. The molecule has 0 saturated heterocycles. The molecule has 0 saturated carbocycles. The maximum Gasteiger partial charge on any atom is 0.0658 e. The van der Waals surface area contributed by atoms with E-state index >= 15 is 0 Å². The van der Waals surface area contributed by atoms with Crippen LogP contribution in [0.3, 0.4) is 0 Å². The molecule has 4 heteroatoms. The molecule has 11 aromatic rings. The number of anilines is 7. The van der Waals surface area contributed by atoms with E-state index in [1.165, 1.54) is 88.7 Å². The molecule has 0 unspecified atom stereocenters. The van der Waals surface area contributed by atoms with Crippen LogP contribution in [0, 0.1) is 0 Å². The summed E-state index contributed by atoms with van der Waals surface area (Å²) in [5, 5.41) is 4.93. The van der Waals surface area contributed by atoms with E-state index in [2.05, 4.69) is 264 Å². The van der Waals surface area contributed by atoms with Crippen molar-refractivity contribution in [2.75, 3.05) is 27.8 Å². The third kappa shape index (κ3) is 6.28. The summed E-state index contributed by atoms with van der Waals surface area (Å²) in [6.45, 7) is 6.54. The molecule has 13 rings (SSSR count). The molecular weight excluding hydrogens is 813 g/mol. The Balaban J connectivity index is 1.06. The predicted molar refractivity (Wildman–Crippen MR) is 283 cm³/mol. The second-order valence-corrected chi connectivity index (χ2v) is 18.5. The second-order valence-electron chi connectivity index (χ2n) is 18.5. The van der Waals surface area contributed by atoms with Gasteiger partial charge in [-0.3, -0.25) is 0 Å². The van der Waals surface area contributed by atoms with Gasteiger partial charge in [0.15, 0.2) is 0 Å². The Labute approximate surface area is 391 Å². The molecule has 1 aliphatic carbocycles. The van der Waals surface area contributed by atoms with E-state index in [0.29, 0.717) is 0 Å². The highest BCUT2D eigenvalue weighted by atomic mass is 15.3. The van der Waals surface area contributed by atoms with Crippen LogP contribution in [0.5, 0.6) is 0 Å². The van der Waals surface area contributed by atoms with Crippen LogP contribution in [0.4, 0.5) is 39.8 Å². The zero-order valence-corrected chi connectivity index (χ0v) is 37.6. The molecule has 0 atom stereocenters. The fourth-order valence-corrected chi connectivity index (χ4v) is 11.2. The molecule has 2 heterocycles. The molecule has 67 heavy (non-hydrogen) atoms. The third-order valence-electron chi connectivity index (χ3n) is 14.4. The average Bonchev–Trinajstić information content (AvgIpc) is 3.84. The van der Waals surface area contributed by atoms with Crippen molar-refractivity contribution in [2.45, 2.75) is 19.3 Å². The Kier molecular flexibility index (Phi) is 8.97. The third-order valence-corrected chi connectivity index (χ3v) is 14.4. The SMILES string of the molecule is CC1(C)c2ccccc2-c2c(-c3ccc4c(c3)N(c3ccccc3)CCN4c3ccccc3)cc(N(c3cccc(-n4c5ccccc5c5ccccc54)c3)c3ccc4ccccc4c3)cc21. The summed E-state index contributed by atoms with van der Waals surface area (Å²) in [7, 11) is 0. The summed E-state index contributed by atoms with van der Waals surface area (Å²) < 4.78 is 2.42. The Morgan fingerprint density at radius 2 is 0.985 bits per heavy atom. The van der Waals surface area contributed by atoms with Crippen molar-refractivity contribution in [3.05, 3.63) is 242 Å². The van der Waals surface area contributed by atoms with Crippen LogP contribution in [0.25, 0.3) is 60.5 Å². The first kappa shape index (κ1) is 39.1. The van der Waals surface area contributed by atoms with Crippen molar-refractivity contribution in [1.82, 2.24) is 4.57 Å². The van der Waals surface area contributed by atoms with Crippen molar-refractivity contribution in [3.63, 3.8) is 0 Å². The highest BCUT2D eigenvalue weighted by Crippen LogP contribution is 2.55. The van der Waals surface area contributed by atoms with Crippen molar-refractivity contribution in [2.24, 2.45) is 0 Å². The number of aromatic nitrogens is 1. The van der Waals surface area contributed by atoms with Gasteiger partial charge in [-0.05, 0) is 135 Å². The quantitative estimate of drug-likeness (QED) is 0.159. The molecule has 320 valence electrons. The van der Waals surface area contributed by atoms with Gasteiger partial charge in [-0.1, -0.05) is 153 Å². The molecule has 0 N–H and O–H groups in total. The molecule has 0 spiro atoms. The van der Waals surface area contributed by atoms with E-state index in [1.54, 1.807) is 0 Å². The first-order valence-corrected chi connectivity index (χ1v) is 23.5. The van der Waals surface area contributed by atoms with Crippen LogP contribution in [0.1, 0.15) is 25.0 Å². The number of rotatable bonds is 7. The van der Waals surface area contributed by atoms with Gasteiger partial charge < -0.3 is 19.3 Å². The van der Waals surface area contributed by atoms with Crippen LogP contribution >= 0.6 is 0 Å². The van der Waals surface area contributed by atoms with Gasteiger partial charge in [0.1, 0.15) is 0 Å². The minimum atomic E-state index is -0.245. The fraction of sp³-hybridized carbons (Fsp3) is 0.0794. The topological polar surface area (TPSA) is 14.7 Å². The lowest BCUT2D eigenvalue weighted by Crippen LogP contribution is -2.36. The normalized spacial score (nSPS) is 13.8. The molecule has 4 nitrogen and oxygen atoms in total. The van der Waals surface area contributed by atoms with Gasteiger partial charge in [-0.15, -0.1) is 0 Å². The Morgan fingerprint density at radius 1 is 0.388 bits per heavy atom. The molecule has 10 aromatic carbocycles. The molecule has 1 aromatic heterocycles. The molecular formula is C63H48N4. The van der Waals surface area contributed by atoms with E-state index in [0.717, 1.165) is 35.8 Å². The molecule has 0 radical (unpaired) electrons. The first-order valence-electron chi connectivity index (χ1n) is 23.5. The number of hydrogen-bond acceptors (Lipinski definition) is 3. The first-order chi connectivity index (χ1) is 33.0. The minimum Gasteiger partial charge on any atom is -0.338 e. The Bertz CT molecular complexity index is 3640. The van der Waals surface area contributed by atoms with Gasteiger partial charge in [0.05, 0.1) is 22.4 Å². The highest BCUT2D eigenvalue weighted by Gasteiger charge is 2.38. The van der Waals surface area contributed by atoms with E-state index in [-0.39, 0.29) is 5.41 Å². The highest BCUT2D eigenvalue weighted by molar-refractivity contribution is 6.09. The van der Waals surface area contributed by atoms with Crippen LogP contribution in [0.15, 0.2) is 231 Å². The minimum absolute atomic E-state index is 0.245. The van der Waals surface area contributed by atoms with E-state index in [1.807, 2.05) is 0 Å². The number of fused-ring (bicyclic) bond motifs is 8. The van der Waals surface area contributed by atoms with Gasteiger partial charge in [0.25, 0.3) is 0 Å². The van der Waals surface area contributed by atoms with Gasteiger partial charge in [0.2, 0.25) is 0 Å². The Morgan fingerprint density at radius 3 is 1.72 bits per heavy atom. The molecule has 0 fully saturated rings. The zero-order chi connectivity index (χ0) is 44.6. The number of benzene rings is 10. The fourth-order valence-electron chi connectivity index (χ4n) is 11.2. The summed E-state index contributed by atoms with van der Waals surface area (Å²) in [6.07, 6.45) is 0. The Hall–Kier alpha value is -8.34. The number of para-hydroxylation sites is 4. The maximum absolute atomic E-state index is 2.50. The van der Waals surface area contributed by atoms with E-state index < -0.39 is 0 Å². The lowest BCUT2D eigenvalue weighted by Gasteiger charge is -2.39. The van der Waals surface area contributed by atoms with Crippen LogP contribution in [-0.4, -0.2) is 17.7 Å². The number of hydrogen-bond donors (Lipinski definition) is 0. The summed E-state index contributed by atoms with van der Waals surface area (Å²) in [5.41, 5.74) is 19.1. The van der Waals surface area contributed by atoms with Crippen molar-refractivity contribution in [3.8, 4) is 27.9 Å². The molecule has 0 bridgehead atoms. The van der Waals surface area contributed by atoms with Crippen LogP contribution < -0.4 is 14.7 Å². The monoisotopic (exact) mass is 860 g/mol. The summed E-state index contributed by atoms with van der Waals surface area (Å²) in [6, 6.07) is 85.1. The van der Waals surface area contributed by atoms with Gasteiger partial charge in [0, 0.05) is 63.4 Å². The molecule has 2 aliphatic rings. The smallest absolute Gasteiger partial charge is 0.0658 e. The standard InChI is InChI=1S/C63H48N4/c1-63(2)56-29-14-11-28-54(56)62-55(45-33-35-60-61(39-45)65(47-22-7-4-8-23-47)37-36-64(60)46-20-5-3-6-21-46)41-51(42-57(62)63)66(50-34-32-43-18-9-10-19-44(43)38-50)48-24-17-25-49(40-48)67-58-30-15-12-26-52(58)53-27-13-16-31-59(53)67/h3-35,38-42H,36-37H2,1-2H3. The largest absolute Gasteiger partial charge is 0.338 e. The second kappa shape index (κ2) is 15.4.